The Kier molecular flexibility index (Phi) is 1.88. The summed E-state index contributed by atoms with van der Waals surface area (Å²) in [4.78, 5) is 13.8. The van der Waals surface area contributed by atoms with Crippen LogP contribution in [0, 0.1) is 11.3 Å². The topological polar surface area (TPSA) is 78.9 Å². The number of aromatic nitrogens is 2. The molecular weight excluding hydrogens is 146 g/mol. The third-order valence-electron chi connectivity index (χ3n) is 1.12. The minimum atomic E-state index is -0.987. The van der Waals surface area contributed by atoms with Crippen LogP contribution in [0.2, 0.25) is 0 Å². The van der Waals surface area contributed by atoms with E-state index in [-0.39, 0.29) is 12.4 Å². The van der Waals surface area contributed by atoms with Gasteiger partial charge in [-0.05, 0) is 0 Å². The van der Waals surface area contributed by atoms with Gasteiger partial charge in [0.2, 0.25) is 5.82 Å². The Labute approximate surface area is 62.5 Å². The Morgan fingerprint density at radius 2 is 2.64 bits per heavy atom. The zero-order valence-electron chi connectivity index (χ0n) is 5.56. The maximum Gasteiger partial charge on any atom is 0.323 e. The highest BCUT2D eigenvalue weighted by molar-refractivity contribution is 5.66. The Hall–Kier alpha value is -1.83. The van der Waals surface area contributed by atoms with Crippen LogP contribution in [0.15, 0.2) is 12.4 Å². The molecule has 1 heterocycles. The van der Waals surface area contributed by atoms with Crippen molar-refractivity contribution in [2.24, 2.45) is 0 Å². The minimum absolute atomic E-state index is 0.118. The highest BCUT2D eigenvalue weighted by Gasteiger charge is 2.03. The first kappa shape index (κ1) is 7.28. The molecule has 1 rings (SSSR count). The quantitative estimate of drug-likeness (QED) is 0.636. The Morgan fingerprint density at radius 3 is 3.18 bits per heavy atom. The van der Waals surface area contributed by atoms with Gasteiger partial charge >= 0.3 is 5.97 Å². The van der Waals surface area contributed by atoms with Gasteiger partial charge in [-0.3, -0.25) is 4.79 Å². The molecular formula is C6H5N3O2. The van der Waals surface area contributed by atoms with Gasteiger partial charge in [0.25, 0.3) is 0 Å². The van der Waals surface area contributed by atoms with Gasteiger partial charge in [-0.15, -0.1) is 0 Å². The van der Waals surface area contributed by atoms with Gasteiger partial charge in [0, 0.05) is 12.4 Å². The SMILES string of the molecule is N#Cc1nccn1CC(=O)O. The number of nitrogens with zero attached hydrogens (tertiary/aromatic N) is 3. The van der Waals surface area contributed by atoms with Gasteiger partial charge in [-0.1, -0.05) is 0 Å². The van der Waals surface area contributed by atoms with E-state index in [1.54, 1.807) is 6.07 Å². The molecule has 0 unspecified atom stereocenters. The van der Waals surface area contributed by atoms with Crippen molar-refractivity contribution in [2.75, 3.05) is 0 Å². The summed E-state index contributed by atoms with van der Waals surface area (Å²) in [6.07, 6.45) is 2.84. The molecule has 0 spiro atoms. The molecule has 56 valence electrons. The number of rotatable bonds is 2. The smallest absolute Gasteiger partial charge is 0.323 e. The van der Waals surface area contributed by atoms with E-state index >= 15 is 0 Å². The molecule has 0 bridgehead atoms. The van der Waals surface area contributed by atoms with Crippen LogP contribution >= 0.6 is 0 Å². The molecule has 1 N–H and O–H groups in total. The first-order valence-electron chi connectivity index (χ1n) is 2.87. The average Bonchev–Trinajstić information content (AvgIpc) is 2.34. The molecule has 1 aromatic rings. The molecule has 0 saturated heterocycles. The number of hydrogen-bond acceptors (Lipinski definition) is 3. The van der Waals surface area contributed by atoms with Gasteiger partial charge < -0.3 is 9.67 Å². The summed E-state index contributed by atoms with van der Waals surface area (Å²) in [7, 11) is 0. The van der Waals surface area contributed by atoms with Gasteiger partial charge in [0.1, 0.15) is 12.6 Å². The van der Waals surface area contributed by atoms with Crippen molar-refractivity contribution in [3.05, 3.63) is 18.2 Å². The highest BCUT2D eigenvalue weighted by Crippen LogP contribution is 1.94. The van der Waals surface area contributed by atoms with Gasteiger partial charge in [-0.2, -0.15) is 5.26 Å². The van der Waals surface area contributed by atoms with Crippen LogP contribution in [0.5, 0.6) is 0 Å². The van der Waals surface area contributed by atoms with E-state index in [1.165, 1.54) is 17.0 Å². The summed E-state index contributed by atoms with van der Waals surface area (Å²) in [6.45, 7) is -0.219. The molecule has 0 fully saturated rings. The lowest BCUT2D eigenvalue weighted by Crippen LogP contribution is -2.09. The molecule has 1 aromatic heterocycles. The summed E-state index contributed by atoms with van der Waals surface area (Å²) in [5, 5.41) is 16.7. The number of aliphatic carboxylic acids is 1. The van der Waals surface area contributed by atoms with E-state index in [2.05, 4.69) is 4.98 Å². The molecule has 0 saturated carbocycles. The van der Waals surface area contributed by atoms with Crippen molar-refractivity contribution in [2.45, 2.75) is 6.54 Å². The van der Waals surface area contributed by atoms with Crippen LogP contribution in [0.4, 0.5) is 0 Å². The molecule has 0 radical (unpaired) electrons. The molecule has 0 atom stereocenters. The van der Waals surface area contributed by atoms with E-state index in [4.69, 9.17) is 10.4 Å². The van der Waals surface area contributed by atoms with E-state index in [9.17, 15) is 4.79 Å². The normalized spacial score (nSPS) is 9.00. The van der Waals surface area contributed by atoms with Crippen molar-refractivity contribution < 1.29 is 9.90 Å². The minimum Gasteiger partial charge on any atom is -0.480 e. The summed E-state index contributed by atoms with van der Waals surface area (Å²) in [6, 6.07) is 1.77. The first-order chi connectivity index (χ1) is 5.24. The maximum atomic E-state index is 10.2. The molecule has 5 heteroatoms. The lowest BCUT2D eigenvalue weighted by atomic mass is 10.6. The summed E-state index contributed by atoms with van der Waals surface area (Å²) in [5.74, 6) is -0.869. The van der Waals surface area contributed by atoms with Crippen molar-refractivity contribution in [3.63, 3.8) is 0 Å². The standard InChI is InChI=1S/C6H5N3O2/c7-3-5-8-1-2-9(5)4-6(10)11/h1-2H,4H2,(H,10,11). The zero-order valence-corrected chi connectivity index (χ0v) is 5.56. The highest BCUT2D eigenvalue weighted by atomic mass is 16.4. The van der Waals surface area contributed by atoms with Crippen LogP contribution in [-0.2, 0) is 11.3 Å². The van der Waals surface area contributed by atoms with E-state index in [1.807, 2.05) is 0 Å². The fourth-order valence-electron chi connectivity index (χ4n) is 0.696. The molecule has 0 amide bonds. The van der Waals surface area contributed by atoms with Gasteiger partial charge in [0.15, 0.2) is 0 Å². The number of hydrogen-bond donors (Lipinski definition) is 1. The predicted molar refractivity (Wildman–Crippen MR) is 34.6 cm³/mol. The second kappa shape index (κ2) is 2.84. The third-order valence-corrected chi connectivity index (χ3v) is 1.12. The second-order valence-corrected chi connectivity index (χ2v) is 1.88. The Balaban J connectivity index is 2.87. The van der Waals surface area contributed by atoms with Crippen molar-refractivity contribution in [1.29, 1.82) is 5.26 Å². The van der Waals surface area contributed by atoms with Crippen LogP contribution in [-0.4, -0.2) is 20.6 Å². The number of carboxylic acids is 1. The van der Waals surface area contributed by atoms with E-state index < -0.39 is 5.97 Å². The lowest BCUT2D eigenvalue weighted by molar-refractivity contribution is -0.137. The van der Waals surface area contributed by atoms with E-state index in [0.717, 1.165) is 0 Å². The lowest BCUT2D eigenvalue weighted by Gasteiger charge is -1.95. The van der Waals surface area contributed by atoms with Crippen LogP contribution in [0.1, 0.15) is 5.82 Å². The maximum absolute atomic E-state index is 10.2. The number of carboxylic acid groups (broad SMARTS) is 1. The Morgan fingerprint density at radius 1 is 1.91 bits per heavy atom. The molecule has 0 aliphatic rings. The van der Waals surface area contributed by atoms with Crippen molar-refractivity contribution in [3.8, 4) is 6.07 Å². The monoisotopic (exact) mass is 151 g/mol. The van der Waals surface area contributed by atoms with Crippen LogP contribution in [0.25, 0.3) is 0 Å². The summed E-state index contributed by atoms with van der Waals surface area (Å²) < 4.78 is 1.27. The third kappa shape index (κ3) is 1.55. The van der Waals surface area contributed by atoms with Crippen molar-refractivity contribution >= 4 is 5.97 Å². The number of nitriles is 1. The zero-order chi connectivity index (χ0) is 8.27. The molecule has 0 aliphatic heterocycles. The molecule has 0 aromatic carbocycles. The molecule has 11 heavy (non-hydrogen) atoms. The molecule has 0 aliphatic carbocycles. The summed E-state index contributed by atoms with van der Waals surface area (Å²) >= 11 is 0. The van der Waals surface area contributed by atoms with Gasteiger partial charge in [-0.25, -0.2) is 4.98 Å². The molecule has 5 nitrogen and oxygen atoms in total. The average molecular weight is 151 g/mol. The first-order valence-corrected chi connectivity index (χ1v) is 2.87. The van der Waals surface area contributed by atoms with E-state index in [0.29, 0.717) is 0 Å². The van der Waals surface area contributed by atoms with Crippen LogP contribution in [0.3, 0.4) is 0 Å². The predicted octanol–water partition coefficient (Wildman–Crippen LogP) is -0.161. The number of imidazole rings is 1. The second-order valence-electron chi connectivity index (χ2n) is 1.88. The number of carbonyl (C=O) groups is 1. The largest absolute Gasteiger partial charge is 0.480 e. The van der Waals surface area contributed by atoms with Crippen molar-refractivity contribution in [1.82, 2.24) is 9.55 Å². The van der Waals surface area contributed by atoms with Crippen LogP contribution < -0.4 is 0 Å². The fraction of sp³-hybridized carbons (Fsp3) is 0.167. The van der Waals surface area contributed by atoms with Gasteiger partial charge in [0.05, 0.1) is 0 Å². The fourth-order valence-corrected chi connectivity index (χ4v) is 0.696. The summed E-state index contributed by atoms with van der Waals surface area (Å²) in [5.41, 5.74) is 0. The Bertz CT molecular complexity index is 310.